The van der Waals surface area contributed by atoms with E-state index in [0.717, 1.165) is 32.6 Å². The lowest BCUT2D eigenvalue weighted by Crippen LogP contribution is -2.41. The van der Waals surface area contributed by atoms with Gasteiger partial charge in [-0.1, -0.05) is 25.4 Å². The number of piperidine rings is 1. The van der Waals surface area contributed by atoms with Crippen molar-refractivity contribution in [2.75, 3.05) is 31.1 Å². The SMILES string of the molecule is CC(C)CNCC1CCCN(c2nc[nH]c(=O)c2Cl)C1. The molecule has 0 saturated carbocycles. The summed E-state index contributed by atoms with van der Waals surface area (Å²) in [4.78, 5) is 20.4. The molecule has 5 nitrogen and oxygen atoms in total. The maximum atomic E-state index is 11.5. The Hall–Kier alpha value is -1.07. The first kappa shape index (κ1) is 15.3. The average Bonchev–Trinajstić information content (AvgIpc) is 2.42. The van der Waals surface area contributed by atoms with Crippen molar-refractivity contribution >= 4 is 17.4 Å². The molecule has 0 bridgehead atoms. The van der Waals surface area contributed by atoms with Crippen LogP contribution in [0.1, 0.15) is 26.7 Å². The number of rotatable bonds is 5. The number of nitrogens with one attached hydrogen (secondary N) is 2. The first-order chi connectivity index (χ1) is 9.58. The van der Waals surface area contributed by atoms with E-state index in [9.17, 15) is 4.79 Å². The highest BCUT2D eigenvalue weighted by Crippen LogP contribution is 2.24. The van der Waals surface area contributed by atoms with Crippen LogP contribution in [0.5, 0.6) is 0 Å². The molecule has 2 heterocycles. The molecule has 112 valence electrons. The molecule has 1 saturated heterocycles. The van der Waals surface area contributed by atoms with Gasteiger partial charge in [0.2, 0.25) is 0 Å². The van der Waals surface area contributed by atoms with E-state index < -0.39 is 0 Å². The van der Waals surface area contributed by atoms with Crippen molar-refractivity contribution < 1.29 is 0 Å². The predicted octanol–water partition coefficient (Wildman–Crippen LogP) is 1.89. The summed E-state index contributed by atoms with van der Waals surface area (Å²) in [6.07, 6.45) is 3.74. The van der Waals surface area contributed by atoms with E-state index in [4.69, 9.17) is 11.6 Å². The van der Waals surface area contributed by atoms with Gasteiger partial charge in [-0.15, -0.1) is 0 Å². The van der Waals surface area contributed by atoms with E-state index in [2.05, 4.69) is 34.0 Å². The Kier molecular flexibility index (Phi) is 5.43. The number of H-pyrrole nitrogens is 1. The second-order valence-electron chi connectivity index (χ2n) is 5.88. The zero-order valence-electron chi connectivity index (χ0n) is 12.2. The van der Waals surface area contributed by atoms with E-state index >= 15 is 0 Å². The summed E-state index contributed by atoms with van der Waals surface area (Å²) >= 11 is 6.06. The minimum atomic E-state index is -0.267. The van der Waals surface area contributed by atoms with Crippen LogP contribution in [0.15, 0.2) is 11.1 Å². The molecular formula is C14H23ClN4O. The lowest BCUT2D eigenvalue weighted by atomic mass is 9.98. The van der Waals surface area contributed by atoms with Crippen molar-refractivity contribution in [3.63, 3.8) is 0 Å². The van der Waals surface area contributed by atoms with Crippen molar-refractivity contribution in [2.45, 2.75) is 26.7 Å². The number of aromatic nitrogens is 2. The van der Waals surface area contributed by atoms with Crippen LogP contribution in [0.4, 0.5) is 5.82 Å². The monoisotopic (exact) mass is 298 g/mol. The van der Waals surface area contributed by atoms with E-state index in [1.807, 2.05) is 0 Å². The Balaban J connectivity index is 1.96. The zero-order valence-corrected chi connectivity index (χ0v) is 12.9. The molecule has 2 rings (SSSR count). The Bertz CT molecular complexity index is 488. The molecule has 2 N–H and O–H groups in total. The third kappa shape index (κ3) is 3.96. The molecule has 0 aromatic carbocycles. The van der Waals surface area contributed by atoms with Crippen molar-refractivity contribution in [3.8, 4) is 0 Å². The Morgan fingerprint density at radius 3 is 3.15 bits per heavy atom. The van der Waals surface area contributed by atoms with Gasteiger partial charge in [0.1, 0.15) is 5.02 Å². The van der Waals surface area contributed by atoms with Crippen LogP contribution >= 0.6 is 11.6 Å². The fourth-order valence-electron chi connectivity index (χ4n) is 2.59. The standard InChI is InChI=1S/C14H23ClN4O/c1-10(2)6-16-7-11-4-3-5-19(8-11)13-12(15)14(20)18-9-17-13/h9-11,16H,3-8H2,1-2H3,(H,17,18,20). The van der Waals surface area contributed by atoms with Crippen molar-refractivity contribution in [1.29, 1.82) is 0 Å². The molecule has 1 unspecified atom stereocenters. The lowest BCUT2D eigenvalue weighted by Gasteiger charge is -2.34. The molecular weight excluding hydrogens is 276 g/mol. The van der Waals surface area contributed by atoms with Gasteiger partial charge in [0, 0.05) is 13.1 Å². The van der Waals surface area contributed by atoms with Gasteiger partial charge in [0.25, 0.3) is 5.56 Å². The van der Waals surface area contributed by atoms with Gasteiger partial charge in [-0.25, -0.2) is 4.98 Å². The summed E-state index contributed by atoms with van der Waals surface area (Å²) < 4.78 is 0. The lowest BCUT2D eigenvalue weighted by molar-refractivity contribution is 0.381. The summed E-state index contributed by atoms with van der Waals surface area (Å²) in [5, 5.41) is 3.70. The molecule has 0 radical (unpaired) electrons. The van der Waals surface area contributed by atoms with E-state index in [1.54, 1.807) is 0 Å². The Morgan fingerprint density at radius 1 is 1.60 bits per heavy atom. The number of hydrogen-bond donors (Lipinski definition) is 2. The molecule has 0 spiro atoms. The molecule has 0 amide bonds. The van der Waals surface area contributed by atoms with Crippen LogP contribution in [-0.4, -0.2) is 36.1 Å². The summed E-state index contributed by atoms with van der Waals surface area (Å²) in [6, 6.07) is 0. The van der Waals surface area contributed by atoms with Crippen molar-refractivity contribution in [2.24, 2.45) is 11.8 Å². The third-order valence-electron chi connectivity index (χ3n) is 3.58. The van der Waals surface area contributed by atoms with Gasteiger partial charge in [0.05, 0.1) is 6.33 Å². The first-order valence-corrected chi connectivity index (χ1v) is 7.64. The fraction of sp³-hybridized carbons (Fsp3) is 0.714. The zero-order chi connectivity index (χ0) is 14.5. The van der Waals surface area contributed by atoms with Gasteiger partial charge in [-0.2, -0.15) is 0 Å². The van der Waals surface area contributed by atoms with Crippen molar-refractivity contribution in [3.05, 3.63) is 21.7 Å². The molecule has 1 aromatic heterocycles. The normalized spacial score (nSPS) is 19.6. The van der Waals surface area contributed by atoms with Crippen LogP contribution in [-0.2, 0) is 0 Å². The van der Waals surface area contributed by atoms with Crippen LogP contribution in [0.25, 0.3) is 0 Å². The average molecular weight is 299 g/mol. The van der Waals surface area contributed by atoms with E-state index in [-0.39, 0.29) is 10.6 Å². The quantitative estimate of drug-likeness (QED) is 0.871. The third-order valence-corrected chi connectivity index (χ3v) is 3.92. The Labute approximate surface area is 124 Å². The maximum absolute atomic E-state index is 11.5. The summed E-state index contributed by atoms with van der Waals surface area (Å²) in [5.74, 6) is 1.86. The van der Waals surface area contributed by atoms with Gasteiger partial charge < -0.3 is 15.2 Å². The minimum Gasteiger partial charge on any atom is -0.355 e. The molecule has 20 heavy (non-hydrogen) atoms. The number of halogens is 1. The summed E-state index contributed by atoms with van der Waals surface area (Å²) in [5.41, 5.74) is -0.267. The van der Waals surface area contributed by atoms with Crippen LogP contribution in [0.2, 0.25) is 5.02 Å². The second-order valence-corrected chi connectivity index (χ2v) is 6.25. The fourth-order valence-corrected chi connectivity index (χ4v) is 2.82. The Morgan fingerprint density at radius 2 is 2.40 bits per heavy atom. The van der Waals surface area contributed by atoms with Crippen molar-refractivity contribution in [1.82, 2.24) is 15.3 Å². The molecule has 1 aliphatic heterocycles. The van der Waals surface area contributed by atoms with Gasteiger partial charge in [0.15, 0.2) is 5.82 Å². The summed E-state index contributed by atoms with van der Waals surface area (Å²) in [6.45, 7) is 8.29. The number of anilines is 1. The smallest absolute Gasteiger partial charge is 0.271 e. The number of nitrogens with zero attached hydrogens (tertiary/aromatic N) is 2. The van der Waals surface area contributed by atoms with Gasteiger partial charge in [-0.3, -0.25) is 4.79 Å². The highest BCUT2D eigenvalue weighted by atomic mass is 35.5. The van der Waals surface area contributed by atoms with Gasteiger partial charge in [-0.05, 0) is 37.8 Å². The minimum absolute atomic E-state index is 0.197. The number of aromatic amines is 1. The largest absolute Gasteiger partial charge is 0.355 e. The number of hydrogen-bond acceptors (Lipinski definition) is 4. The first-order valence-electron chi connectivity index (χ1n) is 7.26. The van der Waals surface area contributed by atoms with Crippen LogP contribution in [0.3, 0.4) is 0 Å². The topological polar surface area (TPSA) is 61.0 Å². The molecule has 6 heteroatoms. The molecule has 0 aliphatic carbocycles. The second kappa shape index (κ2) is 7.09. The van der Waals surface area contributed by atoms with Crippen LogP contribution < -0.4 is 15.8 Å². The molecule has 1 atom stereocenters. The molecule has 1 aliphatic rings. The van der Waals surface area contributed by atoms with Crippen LogP contribution in [0, 0.1) is 11.8 Å². The van der Waals surface area contributed by atoms with Gasteiger partial charge >= 0.3 is 0 Å². The maximum Gasteiger partial charge on any atom is 0.271 e. The molecule has 1 fully saturated rings. The molecule has 1 aromatic rings. The highest BCUT2D eigenvalue weighted by Gasteiger charge is 2.23. The van der Waals surface area contributed by atoms with E-state index in [0.29, 0.717) is 17.7 Å². The predicted molar refractivity (Wildman–Crippen MR) is 82.5 cm³/mol. The highest BCUT2D eigenvalue weighted by molar-refractivity contribution is 6.32. The summed E-state index contributed by atoms with van der Waals surface area (Å²) in [7, 11) is 0. The van der Waals surface area contributed by atoms with E-state index in [1.165, 1.54) is 12.7 Å².